The van der Waals surface area contributed by atoms with E-state index >= 15 is 0 Å². The third-order valence-corrected chi connectivity index (χ3v) is 6.35. The summed E-state index contributed by atoms with van der Waals surface area (Å²) in [5.41, 5.74) is 0.454. The number of morpholine rings is 1. The van der Waals surface area contributed by atoms with Crippen LogP contribution in [0.25, 0.3) is 0 Å². The maximum Gasteiger partial charge on any atom is 0.434 e. The number of hydrogen-bond acceptors (Lipinski definition) is 8. The van der Waals surface area contributed by atoms with Crippen molar-refractivity contribution in [2.24, 2.45) is 0 Å². The van der Waals surface area contributed by atoms with Crippen LogP contribution in [0.1, 0.15) is 34.7 Å². The van der Waals surface area contributed by atoms with E-state index in [4.69, 9.17) is 14.1 Å². The molecule has 1 amide bonds. The first-order valence-electron chi connectivity index (χ1n) is 10.3. The van der Waals surface area contributed by atoms with Crippen molar-refractivity contribution in [1.82, 2.24) is 10.2 Å². The van der Waals surface area contributed by atoms with E-state index in [1.54, 1.807) is 17.0 Å². The Hall–Kier alpha value is -2.34. The standard InChI is InChI=1S/C19H24BN2O8/c23-16(5-10-7-21-3-4-28-10)22-8-11(9-22)29-15-2-1-12-13-6-14(13)20(26,27)30-18(12)17(15)19(24)25/h1-2,10-11,13-14,21,26-27H,3-9H2,(H,24,25)/q-1/t10-,13?,14?/m1/s1. The lowest BCUT2D eigenvalue weighted by atomic mass is 9.68. The zero-order valence-electron chi connectivity index (χ0n) is 16.3. The van der Waals surface area contributed by atoms with Gasteiger partial charge in [-0.3, -0.25) is 4.79 Å². The number of fused-ring (bicyclic) bond motifs is 3. The first-order valence-corrected chi connectivity index (χ1v) is 10.3. The van der Waals surface area contributed by atoms with E-state index in [-0.39, 0.29) is 46.9 Å². The van der Waals surface area contributed by atoms with Crippen molar-refractivity contribution < 1.29 is 38.9 Å². The van der Waals surface area contributed by atoms with Crippen molar-refractivity contribution in [3.05, 3.63) is 23.3 Å². The van der Waals surface area contributed by atoms with Gasteiger partial charge in [0.1, 0.15) is 17.4 Å². The van der Waals surface area contributed by atoms with Crippen LogP contribution in [0.2, 0.25) is 5.82 Å². The van der Waals surface area contributed by atoms with Crippen LogP contribution in [-0.2, 0) is 9.53 Å². The average molecular weight is 419 g/mol. The molecule has 2 unspecified atom stereocenters. The number of nitrogens with one attached hydrogen (secondary N) is 1. The Kier molecular flexibility index (Phi) is 4.66. The Balaban J connectivity index is 1.25. The van der Waals surface area contributed by atoms with E-state index in [0.29, 0.717) is 44.6 Å². The highest BCUT2D eigenvalue weighted by atomic mass is 16.6. The van der Waals surface area contributed by atoms with Gasteiger partial charge in [-0.05, 0) is 17.5 Å². The zero-order chi connectivity index (χ0) is 21.0. The molecule has 5 rings (SSSR count). The summed E-state index contributed by atoms with van der Waals surface area (Å²) in [5.74, 6) is -1.71. The van der Waals surface area contributed by atoms with Crippen LogP contribution in [0.15, 0.2) is 12.1 Å². The van der Waals surface area contributed by atoms with Gasteiger partial charge >= 0.3 is 12.7 Å². The van der Waals surface area contributed by atoms with Gasteiger partial charge in [0.15, 0.2) is 0 Å². The molecule has 0 spiro atoms. The molecule has 1 aliphatic carbocycles. The quantitative estimate of drug-likeness (QED) is 0.467. The van der Waals surface area contributed by atoms with Crippen LogP contribution in [0.4, 0.5) is 0 Å². The van der Waals surface area contributed by atoms with Gasteiger partial charge in [0.25, 0.3) is 0 Å². The van der Waals surface area contributed by atoms with Crippen LogP contribution in [0.3, 0.4) is 0 Å². The van der Waals surface area contributed by atoms with E-state index in [2.05, 4.69) is 5.32 Å². The molecule has 11 heteroatoms. The minimum absolute atomic E-state index is 0.0244. The number of aromatic carboxylic acids is 1. The van der Waals surface area contributed by atoms with E-state index < -0.39 is 12.7 Å². The Morgan fingerprint density at radius 3 is 2.80 bits per heavy atom. The predicted molar refractivity (Wildman–Crippen MR) is 104 cm³/mol. The molecule has 0 aromatic heterocycles. The largest absolute Gasteiger partial charge is 0.669 e. The summed E-state index contributed by atoms with van der Waals surface area (Å²) in [5, 5.41) is 33.1. The fraction of sp³-hybridized carbons (Fsp3) is 0.579. The van der Waals surface area contributed by atoms with E-state index in [0.717, 1.165) is 6.54 Å². The van der Waals surface area contributed by atoms with Crippen molar-refractivity contribution in [2.75, 3.05) is 32.8 Å². The third kappa shape index (κ3) is 3.41. The topological polar surface area (TPSA) is 138 Å². The number of amides is 1. The van der Waals surface area contributed by atoms with Gasteiger partial charge in [0.2, 0.25) is 5.91 Å². The fourth-order valence-electron chi connectivity index (χ4n) is 4.58. The maximum absolute atomic E-state index is 12.4. The second-order valence-electron chi connectivity index (χ2n) is 8.49. The van der Waals surface area contributed by atoms with Crippen LogP contribution in [0, 0.1) is 0 Å². The van der Waals surface area contributed by atoms with Crippen LogP contribution in [0.5, 0.6) is 11.5 Å². The van der Waals surface area contributed by atoms with Gasteiger partial charge in [0, 0.05) is 13.1 Å². The Morgan fingerprint density at radius 1 is 1.30 bits per heavy atom. The van der Waals surface area contributed by atoms with Gasteiger partial charge in [-0.1, -0.05) is 18.3 Å². The summed E-state index contributed by atoms with van der Waals surface area (Å²) in [6.45, 7) is -0.341. The Bertz CT molecular complexity index is 882. The number of nitrogens with zero attached hydrogens (tertiary/aromatic N) is 1. The molecule has 30 heavy (non-hydrogen) atoms. The number of ether oxygens (including phenoxy) is 2. The number of carboxylic acid groups (broad SMARTS) is 1. The minimum atomic E-state index is -3.08. The summed E-state index contributed by atoms with van der Waals surface area (Å²) in [6.07, 6.45) is 0.380. The monoisotopic (exact) mass is 419 g/mol. The molecule has 3 atom stereocenters. The van der Waals surface area contributed by atoms with Gasteiger partial charge in [0.05, 0.1) is 38.0 Å². The Morgan fingerprint density at radius 2 is 2.10 bits per heavy atom. The molecular formula is C19H24BN2O8-. The molecule has 10 nitrogen and oxygen atoms in total. The molecule has 1 aromatic rings. The lowest BCUT2D eigenvalue weighted by Gasteiger charge is -2.41. The number of carbonyl (C=O) groups is 2. The molecule has 3 heterocycles. The number of rotatable bonds is 5. The molecule has 4 aliphatic rings. The first-order chi connectivity index (χ1) is 14.3. The molecule has 4 N–H and O–H groups in total. The number of carboxylic acids is 1. The normalized spacial score (nSPS) is 29.1. The highest BCUT2D eigenvalue weighted by Gasteiger charge is 2.55. The summed E-state index contributed by atoms with van der Waals surface area (Å²) in [4.78, 5) is 25.9. The van der Waals surface area contributed by atoms with Crippen molar-refractivity contribution in [1.29, 1.82) is 0 Å². The van der Waals surface area contributed by atoms with Crippen molar-refractivity contribution in [3.8, 4) is 11.5 Å². The first kappa shape index (κ1) is 19.6. The molecule has 2 saturated heterocycles. The van der Waals surface area contributed by atoms with E-state index in [1.807, 2.05) is 0 Å². The third-order valence-electron chi connectivity index (χ3n) is 6.35. The molecule has 1 saturated carbocycles. The SMILES string of the molecule is O=C(O)c1c(OC2CN(C(=O)C[C@@H]3CNCCO3)C2)ccc2c1O[B-](O)(O)C1CC21. The van der Waals surface area contributed by atoms with Gasteiger partial charge in [-0.25, -0.2) is 4.79 Å². The minimum Gasteiger partial charge on any atom is -0.669 e. The second kappa shape index (κ2) is 7.12. The average Bonchev–Trinajstić information content (AvgIpc) is 3.46. The molecule has 1 aromatic carbocycles. The van der Waals surface area contributed by atoms with E-state index in [9.17, 15) is 24.7 Å². The number of carbonyl (C=O) groups excluding carboxylic acids is 1. The highest BCUT2D eigenvalue weighted by Crippen LogP contribution is 2.63. The van der Waals surface area contributed by atoms with Gasteiger partial charge < -0.3 is 39.5 Å². The zero-order valence-corrected chi connectivity index (χ0v) is 16.3. The second-order valence-corrected chi connectivity index (χ2v) is 8.49. The van der Waals surface area contributed by atoms with E-state index in [1.165, 1.54) is 0 Å². The van der Waals surface area contributed by atoms with Crippen LogP contribution < -0.4 is 14.7 Å². The maximum atomic E-state index is 12.4. The lowest BCUT2D eigenvalue weighted by Crippen LogP contribution is -2.57. The molecular weight excluding hydrogens is 395 g/mol. The molecule has 0 radical (unpaired) electrons. The molecule has 0 bridgehead atoms. The van der Waals surface area contributed by atoms with Crippen molar-refractivity contribution in [3.63, 3.8) is 0 Å². The summed E-state index contributed by atoms with van der Waals surface area (Å²) < 4.78 is 16.7. The summed E-state index contributed by atoms with van der Waals surface area (Å²) >= 11 is 0. The number of benzene rings is 1. The lowest BCUT2D eigenvalue weighted by molar-refractivity contribution is -0.143. The molecule has 162 valence electrons. The molecule has 3 fully saturated rings. The van der Waals surface area contributed by atoms with Gasteiger partial charge in [-0.15, -0.1) is 0 Å². The van der Waals surface area contributed by atoms with Crippen molar-refractivity contribution >= 4 is 18.6 Å². The Labute approximate surface area is 172 Å². The predicted octanol–water partition coefficient (Wildman–Crippen LogP) is -0.474. The number of hydrogen-bond donors (Lipinski definition) is 4. The number of likely N-dealkylation sites (tertiary alicyclic amines) is 1. The fourth-order valence-corrected chi connectivity index (χ4v) is 4.58. The van der Waals surface area contributed by atoms with Crippen LogP contribution >= 0.6 is 0 Å². The van der Waals surface area contributed by atoms with Crippen LogP contribution in [-0.4, -0.2) is 83.7 Å². The van der Waals surface area contributed by atoms with Crippen molar-refractivity contribution in [2.45, 2.75) is 36.8 Å². The highest BCUT2D eigenvalue weighted by molar-refractivity contribution is 6.62. The smallest absolute Gasteiger partial charge is 0.434 e. The summed E-state index contributed by atoms with van der Waals surface area (Å²) in [6, 6.07) is 3.31. The van der Waals surface area contributed by atoms with Gasteiger partial charge in [-0.2, -0.15) is 0 Å². The molecule has 3 aliphatic heterocycles. The summed E-state index contributed by atoms with van der Waals surface area (Å²) in [7, 11) is 0.